The Morgan fingerprint density at radius 3 is 2.62 bits per heavy atom. The monoisotopic (exact) mass is 411 g/mol. The minimum Gasteiger partial charge on any atom is -0.506 e. The van der Waals surface area contributed by atoms with Gasteiger partial charge in [-0.05, 0) is 24.5 Å². The predicted octanol–water partition coefficient (Wildman–Crippen LogP) is 1.91. The van der Waals surface area contributed by atoms with Gasteiger partial charge in [0.25, 0.3) is 11.5 Å². The van der Waals surface area contributed by atoms with Crippen LogP contribution in [0.15, 0.2) is 23.0 Å². The Balaban J connectivity index is 2.29. The molecule has 0 aromatic carbocycles. The third-order valence-corrected chi connectivity index (χ3v) is 4.67. The molecule has 1 aliphatic carbocycles. The normalized spacial score (nSPS) is 16.3. The molecule has 8 nitrogen and oxygen atoms in total. The molecule has 1 amide bonds. The number of hydrogen-bond donors (Lipinski definition) is 3. The molecule has 0 aliphatic heterocycles. The fraction of sp³-hybridized carbons (Fsp3) is 0.333. The Morgan fingerprint density at radius 1 is 1.38 bits per heavy atom. The number of rotatable bonds is 4. The summed E-state index contributed by atoms with van der Waals surface area (Å²) in [5.74, 6) is -3.96. The van der Waals surface area contributed by atoms with E-state index in [9.17, 15) is 32.7 Å². The number of aromatic nitrogens is 2. The van der Waals surface area contributed by atoms with Gasteiger partial charge in [0.1, 0.15) is 23.5 Å². The van der Waals surface area contributed by atoms with Gasteiger partial charge in [-0.1, -0.05) is 12.2 Å². The molecule has 1 unspecified atom stereocenters. The number of halogens is 3. The summed E-state index contributed by atoms with van der Waals surface area (Å²) < 4.78 is 41.5. The first-order valence-corrected chi connectivity index (χ1v) is 8.52. The van der Waals surface area contributed by atoms with Gasteiger partial charge >= 0.3 is 12.1 Å². The van der Waals surface area contributed by atoms with E-state index in [0.717, 1.165) is 13.1 Å². The Kier molecular flexibility index (Phi) is 5.07. The van der Waals surface area contributed by atoms with Crippen molar-refractivity contribution < 1.29 is 33.0 Å². The van der Waals surface area contributed by atoms with Crippen LogP contribution in [-0.4, -0.2) is 38.2 Å². The summed E-state index contributed by atoms with van der Waals surface area (Å²) in [6, 6.07) is 1.08. The SMILES string of the molecule is Cn1c(=O)c(C(=O)NCC(=O)O)c(O)c2cc(C3C=CCC3)c(C(F)(F)F)nc21. The molecule has 2 heterocycles. The maximum absolute atomic E-state index is 13.6. The number of nitrogens with one attached hydrogen (secondary N) is 1. The molecule has 0 saturated carbocycles. The standard InChI is InChI=1S/C18H16F3N3O5/c1-24-15-10(13(27)12(17(24)29)16(28)22-7-11(25)26)6-9(8-4-2-3-5-8)14(23-15)18(19,20)21/h2,4,6,8,27H,3,5,7H2,1H3,(H,22,28)(H,25,26). The number of amides is 1. The second-order valence-corrected chi connectivity index (χ2v) is 6.57. The summed E-state index contributed by atoms with van der Waals surface area (Å²) in [4.78, 5) is 38.9. The van der Waals surface area contributed by atoms with Crippen LogP contribution in [0.4, 0.5) is 13.2 Å². The molecular weight excluding hydrogens is 395 g/mol. The summed E-state index contributed by atoms with van der Waals surface area (Å²) in [7, 11) is 1.11. The van der Waals surface area contributed by atoms with Crippen LogP contribution in [0.1, 0.15) is 40.4 Å². The highest BCUT2D eigenvalue weighted by Crippen LogP contribution is 2.40. The highest BCUT2D eigenvalue weighted by atomic mass is 19.4. The molecule has 0 spiro atoms. The van der Waals surface area contributed by atoms with E-state index in [1.54, 1.807) is 12.2 Å². The van der Waals surface area contributed by atoms with E-state index in [4.69, 9.17) is 5.11 Å². The molecular formula is C18H16F3N3O5. The second-order valence-electron chi connectivity index (χ2n) is 6.57. The number of aliphatic carboxylic acids is 1. The first-order chi connectivity index (χ1) is 13.5. The van der Waals surface area contributed by atoms with Crippen molar-refractivity contribution in [3.05, 3.63) is 45.4 Å². The number of fused-ring (bicyclic) bond motifs is 1. The van der Waals surface area contributed by atoms with Gasteiger partial charge in [0.05, 0.1) is 5.39 Å². The minimum absolute atomic E-state index is 0.176. The number of alkyl halides is 3. The number of aryl methyl sites for hydroxylation is 1. The van der Waals surface area contributed by atoms with E-state index >= 15 is 0 Å². The van der Waals surface area contributed by atoms with Crippen LogP contribution >= 0.6 is 0 Å². The van der Waals surface area contributed by atoms with Crippen molar-refractivity contribution in [2.45, 2.75) is 24.9 Å². The smallest absolute Gasteiger partial charge is 0.433 e. The molecule has 29 heavy (non-hydrogen) atoms. The lowest BCUT2D eigenvalue weighted by Gasteiger charge is -2.19. The summed E-state index contributed by atoms with van der Waals surface area (Å²) in [5, 5.41) is 20.9. The molecule has 0 bridgehead atoms. The Labute approximate surface area is 161 Å². The van der Waals surface area contributed by atoms with Gasteiger partial charge in [0.15, 0.2) is 5.69 Å². The highest BCUT2D eigenvalue weighted by Gasteiger charge is 2.38. The molecule has 0 radical (unpaired) electrons. The Morgan fingerprint density at radius 2 is 2.07 bits per heavy atom. The zero-order chi connectivity index (χ0) is 21.5. The molecule has 0 fully saturated rings. The van der Waals surface area contributed by atoms with Crippen LogP contribution in [0.25, 0.3) is 11.0 Å². The Bertz CT molecular complexity index is 1100. The lowest BCUT2D eigenvalue weighted by atomic mass is 9.95. The van der Waals surface area contributed by atoms with Gasteiger partial charge in [0, 0.05) is 13.0 Å². The van der Waals surface area contributed by atoms with Crippen molar-refractivity contribution >= 4 is 22.9 Å². The summed E-state index contributed by atoms with van der Waals surface area (Å²) >= 11 is 0. The zero-order valence-corrected chi connectivity index (χ0v) is 15.1. The molecule has 3 rings (SSSR count). The van der Waals surface area contributed by atoms with Crippen molar-refractivity contribution in [1.29, 1.82) is 0 Å². The van der Waals surface area contributed by atoms with Crippen molar-refractivity contribution in [1.82, 2.24) is 14.9 Å². The number of carboxylic acid groups (broad SMARTS) is 1. The number of aromatic hydroxyl groups is 1. The molecule has 0 saturated heterocycles. The zero-order valence-electron chi connectivity index (χ0n) is 15.1. The third kappa shape index (κ3) is 3.67. The van der Waals surface area contributed by atoms with Crippen LogP contribution in [0, 0.1) is 0 Å². The number of carbonyl (C=O) groups is 2. The van der Waals surface area contributed by atoms with Crippen LogP contribution in [0.3, 0.4) is 0 Å². The molecule has 1 atom stereocenters. The number of hydrogen-bond acceptors (Lipinski definition) is 5. The topological polar surface area (TPSA) is 122 Å². The molecule has 3 N–H and O–H groups in total. The number of pyridine rings is 2. The van der Waals surface area contributed by atoms with Gasteiger partial charge in [-0.15, -0.1) is 0 Å². The van der Waals surface area contributed by atoms with Crippen molar-refractivity contribution in [2.75, 3.05) is 6.54 Å². The first-order valence-electron chi connectivity index (χ1n) is 8.52. The maximum Gasteiger partial charge on any atom is 0.433 e. The van der Waals surface area contributed by atoms with Crippen molar-refractivity contribution in [3.8, 4) is 5.75 Å². The van der Waals surface area contributed by atoms with Crippen LogP contribution in [-0.2, 0) is 18.0 Å². The van der Waals surface area contributed by atoms with Gasteiger partial charge in [-0.25, -0.2) is 4.98 Å². The Hall–Kier alpha value is -3.37. The molecule has 1 aliphatic rings. The van der Waals surface area contributed by atoms with Gasteiger partial charge in [-0.3, -0.25) is 19.0 Å². The first kappa shape index (κ1) is 20.4. The number of allylic oxidation sites excluding steroid dienone is 2. The number of carboxylic acids is 1. The van der Waals surface area contributed by atoms with Crippen LogP contribution in [0.2, 0.25) is 0 Å². The molecule has 2 aromatic rings. The quantitative estimate of drug-likeness (QED) is 0.661. The van der Waals surface area contributed by atoms with Crippen molar-refractivity contribution in [3.63, 3.8) is 0 Å². The lowest BCUT2D eigenvalue weighted by molar-refractivity contribution is -0.141. The van der Waals surface area contributed by atoms with E-state index < -0.39 is 58.7 Å². The number of nitrogens with zero attached hydrogens (tertiary/aromatic N) is 2. The molecule has 154 valence electrons. The van der Waals surface area contributed by atoms with E-state index in [1.165, 1.54) is 0 Å². The minimum atomic E-state index is -4.79. The second kappa shape index (κ2) is 7.22. The fourth-order valence-electron chi connectivity index (χ4n) is 3.30. The van der Waals surface area contributed by atoms with E-state index in [2.05, 4.69) is 4.98 Å². The summed E-state index contributed by atoms with van der Waals surface area (Å²) in [6.45, 7) is -0.803. The van der Waals surface area contributed by atoms with Gasteiger partial charge < -0.3 is 15.5 Å². The van der Waals surface area contributed by atoms with E-state index in [-0.39, 0.29) is 10.9 Å². The maximum atomic E-state index is 13.6. The van der Waals surface area contributed by atoms with Crippen LogP contribution in [0.5, 0.6) is 5.75 Å². The lowest BCUT2D eigenvalue weighted by Crippen LogP contribution is -2.35. The fourth-order valence-corrected chi connectivity index (χ4v) is 3.30. The van der Waals surface area contributed by atoms with E-state index in [0.29, 0.717) is 17.4 Å². The largest absolute Gasteiger partial charge is 0.506 e. The number of carbonyl (C=O) groups excluding carboxylic acids is 1. The average molecular weight is 411 g/mol. The van der Waals surface area contributed by atoms with Crippen LogP contribution < -0.4 is 10.9 Å². The summed E-state index contributed by atoms with van der Waals surface area (Å²) in [6.07, 6.45) is -0.433. The third-order valence-electron chi connectivity index (χ3n) is 4.67. The molecule has 2 aromatic heterocycles. The highest BCUT2D eigenvalue weighted by molar-refractivity contribution is 6.02. The predicted molar refractivity (Wildman–Crippen MR) is 94.7 cm³/mol. The summed E-state index contributed by atoms with van der Waals surface area (Å²) in [5.41, 5.74) is -3.66. The van der Waals surface area contributed by atoms with Gasteiger partial charge in [-0.2, -0.15) is 13.2 Å². The van der Waals surface area contributed by atoms with Gasteiger partial charge in [0.2, 0.25) is 0 Å². The molecule has 11 heteroatoms. The van der Waals surface area contributed by atoms with Crippen molar-refractivity contribution in [2.24, 2.45) is 7.05 Å². The van der Waals surface area contributed by atoms with E-state index in [1.807, 2.05) is 5.32 Å². The average Bonchev–Trinajstić information content (AvgIpc) is 3.17.